The molecule has 15 nitrogen and oxygen atoms in total. The molecule has 0 aliphatic carbocycles. The number of ether oxygens (including phenoxy) is 9. The fourth-order valence-electron chi connectivity index (χ4n) is 4.64. The van der Waals surface area contributed by atoms with Crippen molar-refractivity contribution in [1.29, 1.82) is 0 Å². The van der Waals surface area contributed by atoms with Gasteiger partial charge in [-0.15, -0.1) is 8.75 Å². The van der Waals surface area contributed by atoms with Gasteiger partial charge < -0.3 is 52.4 Å². The summed E-state index contributed by atoms with van der Waals surface area (Å²) in [6.07, 6.45) is -2.06. The highest BCUT2D eigenvalue weighted by Gasteiger charge is 2.49. The van der Waals surface area contributed by atoms with Crippen LogP contribution < -0.4 is 19.3 Å². The molecule has 0 aromatic carbocycles. The smallest absolute Gasteiger partial charge is 0.272 e. The van der Waals surface area contributed by atoms with Crippen LogP contribution in [-0.2, 0) is 33.2 Å². The Labute approximate surface area is 227 Å². The van der Waals surface area contributed by atoms with Gasteiger partial charge in [-0.05, 0) is 0 Å². The zero-order chi connectivity index (χ0) is 25.7. The van der Waals surface area contributed by atoms with Crippen LogP contribution in [-0.4, -0.2) is 128 Å². The maximum Gasteiger partial charge on any atom is 0.272 e. The summed E-state index contributed by atoms with van der Waals surface area (Å²) in [6, 6.07) is 0. The summed E-state index contributed by atoms with van der Waals surface area (Å²) in [5.74, 6) is 2.32. The summed E-state index contributed by atoms with van der Waals surface area (Å²) in [5, 5.41) is 0. The van der Waals surface area contributed by atoms with E-state index < -0.39 is 30.9 Å². The van der Waals surface area contributed by atoms with Gasteiger partial charge in [0.1, 0.15) is 44.4 Å². The lowest BCUT2D eigenvalue weighted by Crippen LogP contribution is -2.45. The lowest BCUT2D eigenvalue weighted by atomic mass is 10.0. The van der Waals surface area contributed by atoms with Gasteiger partial charge in [0.05, 0.1) is 49.9 Å². The molecule has 4 aliphatic heterocycles. The Morgan fingerprint density at radius 2 is 1.21 bits per heavy atom. The molecule has 38 heavy (non-hydrogen) atoms. The van der Waals surface area contributed by atoms with Gasteiger partial charge in [0, 0.05) is 33.3 Å². The van der Waals surface area contributed by atoms with E-state index in [2.05, 4.69) is 27.3 Å². The second kappa shape index (κ2) is 12.5. The molecule has 0 saturated carbocycles. The summed E-state index contributed by atoms with van der Waals surface area (Å²) >= 11 is 2.21. The molecule has 0 radical (unpaired) electrons. The predicted octanol–water partition coefficient (Wildman–Crippen LogP) is -0.0239. The van der Waals surface area contributed by atoms with E-state index in [-0.39, 0.29) is 20.0 Å². The Kier molecular flexibility index (Phi) is 8.63. The van der Waals surface area contributed by atoms with Gasteiger partial charge in [-0.3, -0.25) is 0 Å². The van der Waals surface area contributed by atoms with Crippen LogP contribution in [0.1, 0.15) is 0 Å². The average molecular weight is 575 g/mol. The van der Waals surface area contributed by atoms with E-state index in [1.54, 1.807) is 0 Å². The minimum absolute atomic E-state index is 0.0106. The van der Waals surface area contributed by atoms with E-state index in [9.17, 15) is 0 Å². The number of anilines is 2. The van der Waals surface area contributed by atoms with Crippen molar-refractivity contribution in [3.63, 3.8) is 0 Å². The second-order valence-electron chi connectivity index (χ2n) is 8.86. The van der Waals surface area contributed by atoms with Crippen molar-refractivity contribution in [2.24, 2.45) is 0 Å². The molecule has 2 aromatic heterocycles. The summed E-state index contributed by atoms with van der Waals surface area (Å²) < 4.78 is 69.9. The summed E-state index contributed by atoms with van der Waals surface area (Å²) in [5.41, 5.74) is 0. The van der Waals surface area contributed by atoms with Crippen molar-refractivity contribution in [3.05, 3.63) is 0 Å². The molecule has 4 saturated heterocycles. The third kappa shape index (κ3) is 5.80. The second-order valence-corrected chi connectivity index (χ2v) is 9.92. The van der Waals surface area contributed by atoms with Crippen LogP contribution in [0.25, 0.3) is 0 Å². The lowest BCUT2D eigenvalue weighted by molar-refractivity contribution is -0.252. The van der Waals surface area contributed by atoms with Gasteiger partial charge in [0.15, 0.2) is 0 Å². The minimum Gasteiger partial charge on any atom is -0.472 e. The Hall–Kier alpha value is -1.96. The van der Waals surface area contributed by atoms with Gasteiger partial charge in [-0.25, -0.2) is 0 Å². The highest BCUT2D eigenvalue weighted by molar-refractivity contribution is 6.99. The van der Waals surface area contributed by atoms with Crippen LogP contribution in [0.3, 0.4) is 0 Å². The van der Waals surface area contributed by atoms with Crippen molar-refractivity contribution in [2.75, 3.05) is 89.5 Å². The van der Waals surface area contributed by atoms with E-state index in [0.717, 1.165) is 49.6 Å². The number of methoxy groups -OCH3 is 1. The Balaban J connectivity index is 1.10. The van der Waals surface area contributed by atoms with E-state index in [4.69, 9.17) is 42.6 Å². The monoisotopic (exact) mass is 574 g/mol. The Bertz CT molecular complexity index is 945. The first-order valence-corrected chi connectivity index (χ1v) is 13.9. The maximum absolute atomic E-state index is 6.07. The molecule has 0 amide bonds. The third-order valence-electron chi connectivity index (χ3n) is 6.62. The molecule has 6 heterocycles. The van der Waals surface area contributed by atoms with Crippen LogP contribution in [0.5, 0.6) is 11.8 Å². The van der Waals surface area contributed by atoms with Gasteiger partial charge in [-0.2, -0.15) is 8.75 Å². The van der Waals surface area contributed by atoms with E-state index in [0.29, 0.717) is 49.8 Å². The van der Waals surface area contributed by atoms with Crippen molar-refractivity contribution in [1.82, 2.24) is 17.5 Å². The first kappa shape index (κ1) is 26.3. The predicted molar refractivity (Wildman–Crippen MR) is 132 cm³/mol. The van der Waals surface area contributed by atoms with Crippen LogP contribution in [0, 0.1) is 0 Å². The summed E-state index contributed by atoms with van der Waals surface area (Å²) in [4.78, 5) is 4.20. The van der Waals surface area contributed by atoms with E-state index >= 15 is 0 Å². The Morgan fingerprint density at radius 1 is 0.737 bits per heavy atom. The highest BCUT2D eigenvalue weighted by Crippen LogP contribution is 2.33. The molecule has 4 atom stereocenters. The number of nitrogens with zero attached hydrogens (tertiary/aromatic N) is 6. The molecule has 0 unspecified atom stereocenters. The van der Waals surface area contributed by atoms with Crippen molar-refractivity contribution < 1.29 is 42.6 Å². The molecule has 210 valence electrons. The normalized spacial score (nSPS) is 28.8. The fraction of sp³-hybridized carbons (Fsp3) is 0.810. The SMILES string of the molecule is COC1O[C@@H]2[C@@H](O1)[C@H](COc1nsnc1N1CCOCC1)OCO[C@H]2COc1nsnc1N1CCOCC1. The zero-order valence-corrected chi connectivity index (χ0v) is 22.5. The van der Waals surface area contributed by atoms with Crippen LogP contribution in [0.15, 0.2) is 0 Å². The molecular formula is C21H30N6O9S2. The standard InChI is InChI=1S/C21H30N6O9S2/c1-28-21-35-15-13(10-31-19-17(22-37-24-19)26-2-6-29-7-3-26)33-12-34-14(16(15)36-21)11-32-20-18(23-38-25-20)27-4-8-30-9-5-27/h13-16,21H,2-12H2,1H3/t13-,14-,15-,16-/m0/s1. The zero-order valence-electron chi connectivity index (χ0n) is 20.8. The molecule has 0 bridgehead atoms. The van der Waals surface area contributed by atoms with Crippen molar-refractivity contribution in [2.45, 2.75) is 30.9 Å². The molecule has 4 aliphatic rings. The quantitative estimate of drug-likeness (QED) is 0.396. The first-order chi connectivity index (χ1) is 18.8. The van der Waals surface area contributed by atoms with Gasteiger partial charge in [0.25, 0.3) is 18.2 Å². The first-order valence-electron chi connectivity index (χ1n) is 12.4. The fourth-order valence-corrected chi connectivity index (χ4v) is 5.68. The summed E-state index contributed by atoms with van der Waals surface area (Å²) in [7, 11) is 1.51. The van der Waals surface area contributed by atoms with Crippen LogP contribution in [0.2, 0.25) is 0 Å². The van der Waals surface area contributed by atoms with E-state index in [1.165, 1.54) is 7.11 Å². The molecule has 0 spiro atoms. The van der Waals surface area contributed by atoms with Crippen LogP contribution >= 0.6 is 23.5 Å². The molecule has 4 fully saturated rings. The number of hydrogen-bond acceptors (Lipinski definition) is 17. The minimum atomic E-state index is -0.866. The maximum atomic E-state index is 6.07. The molecule has 6 rings (SSSR count). The number of aromatic nitrogens is 4. The number of rotatable bonds is 9. The third-order valence-corrected chi connectivity index (χ3v) is 7.63. The van der Waals surface area contributed by atoms with Crippen molar-refractivity contribution >= 4 is 35.1 Å². The number of morpholine rings is 2. The summed E-state index contributed by atoms with van der Waals surface area (Å²) in [6.45, 7) is 4.97. The van der Waals surface area contributed by atoms with Gasteiger partial charge >= 0.3 is 0 Å². The largest absolute Gasteiger partial charge is 0.472 e. The highest BCUT2D eigenvalue weighted by atomic mass is 32.1. The van der Waals surface area contributed by atoms with E-state index in [1.807, 2.05) is 0 Å². The van der Waals surface area contributed by atoms with Crippen LogP contribution in [0.4, 0.5) is 11.6 Å². The number of fused-ring (bicyclic) bond motifs is 1. The topological polar surface area (TPSA) is 141 Å². The average Bonchev–Trinajstić information content (AvgIpc) is 3.71. The molecular weight excluding hydrogens is 544 g/mol. The lowest BCUT2D eigenvalue weighted by Gasteiger charge is -2.28. The molecule has 17 heteroatoms. The molecule has 0 N–H and O–H groups in total. The number of hydrogen-bond donors (Lipinski definition) is 0. The van der Waals surface area contributed by atoms with Crippen molar-refractivity contribution in [3.8, 4) is 11.8 Å². The van der Waals surface area contributed by atoms with Gasteiger partial charge in [0.2, 0.25) is 11.6 Å². The van der Waals surface area contributed by atoms with Gasteiger partial charge in [-0.1, -0.05) is 0 Å². The molecule has 2 aromatic rings. The Morgan fingerprint density at radius 3 is 1.66 bits per heavy atom.